The largest absolute Gasteiger partial charge is 0.326 e. The Bertz CT molecular complexity index is 280. The van der Waals surface area contributed by atoms with Gasteiger partial charge in [0.2, 0.25) is 5.91 Å². The van der Waals surface area contributed by atoms with E-state index < -0.39 is 5.92 Å². The number of rotatable bonds is 6. The lowest BCUT2D eigenvalue weighted by molar-refractivity contribution is -0.132. The number of carbonyl (C=O) groups is 2. The molecular formula is C14H25NO2. The summed E-state index contributed by atoms with van der Waals surface area (Å²) < 4.78 is 0. The number of amides is 1. The molecule has 0 bridgehead atoms. The molecule has 3 heteroatoms. The van der Waals surface area contributed by atoms with Crippen molar-refractivity contribution in [1.29, 1.82) is 0 Å². The van der Waals surface area contributed by atoms with Crippen LogP contribution in [0, 0.1) is 5.92 Å². The van der Waals surface area contributed by atoms with Crippen molar-refractivity contribution >= 4 is 11.7 Å². The maximum Gasteiger partial charge on any atom is 0.234 e. The number of nitrogens with one attached hydrogen (secondary N) is 1. The molecule has 1 atom stereocenters. The second kappa shape index (κ2) is 11.1. The zero-order chi connectivity index (χ0) is 13.8. The van der Waals surface area contributed by atoms with Gasteiger partial charge in [-0.3, -0.25) is 9.59 Å². The molecule has 0 aromatic carbocycles. The van der Waals surface area contributed by atoms with Crippen LogP contribution in [0.2, 0.25) is 0 Å². The predicted octanol–water partition coefficient (Wildman–Crippen LogP) is 3.22. The van der Waals surface area contributed by atoms with E-state index in [0.29, 0.717) is 12.1 Å². The molecule has 98 valence electrons. The summed E-state index contributed by atoms with van der Waals surface area (Å²) in [5.41, 5.74) is 0.669. The second-order valence-corrected chi connectivity index (χ2v) is 3.33. The second-order valence-electron chi connectivity index (χ2n) is 3.33. The van der Waals surface area contributed by atoms with Gasteiger partial charge in [-0.05, 0) is 25.8 Å². The van der Waals surface area contributed by atoms with Crippen molar-refractivity contribution < 1.29 is 9.59 Å². The molecule has 0 saturated heterocycles. The highest BCUT2D eigenvalue weighted by atomic mass is 16.2. The van der Waals surface area contributed by atoms with Crippen molar-refractivity contribution in [2.24, 2.45) is 5.92 Å². The Morgan fingerprint density at radius 2 is 1.82 bits per heavy atom. The van der Waals surface area contributed by atoms with E-state index in [-0.39, 0.29) is 11.7 Å². The Hall–Kier alpha value is -1.38. The Labute approximate surface area is 105 Å². The normalized spacial score (nSPS) is 11.9. The first-order chi connectivity index (χ1) is 8.06. The molecule has 1 unspecified atom stereocenters. The molecule has 0 aliphatic carbocycles. The van der Waals surface area contributed by atoms with Crippen LogP contribution in [0.3, 0.4) is 0 Å². The number of allylic oxidation sites excluding steroid dienone is 2. The van der Waals surface area contributed by atoms with Gasteiger partial charge in [-0.15, -0.1) is 0 Å². The van der Waals surface area contributed by atoms with E-state index >= 15 is 0 Å². The fraction of sp³-hybridized carbons (Fsp3) is 0.571. The summed E-state index contributed by atoms with van der Waals surface area (Å²) in [7, 11) is 0. The van der Waals surface area contributed by atoms with Crippen LogP contribution in [0.5, 0.6) is 0 Å². The van der Waals surface area contributed by atoms with Gasteiger partial charge in [0, 0.05) is 5.70 Å². The quantitative estimate of drug-likeness (QED) is 0.571. The first-order valence-electron chi connectivity index (χ1n) is 6.20. The average Bonchev–Trinajstić information content (AvgIpc) is 2.31. The van der Waals surface area contributed by atoms with Crippen molar-refractivity contribution in [1.82, 2.24) is 5.32 Å². The zero-order valence-corrected chi connectivity index (χ0v) is 11.7. The van der Waals surface area contributed by atoms with Gasteiger partial charge < -0.3 is 5.32 Å². The average molecular weight is 239 g/mol. The van der Waals surface area contributed by atoms with E-state index in [1.165, 1.54) is 6.92 Å². The molecule has 0 aromatic heterocycles. The van der Waals surface area contributed by atoms with Crippen LogP contribution in [-0.2, 0) is 9.59 Å². The Morgan fingerprint density at radius 3 is 2.12 bits per heavy atom. The number of hydrogen-bond acceptors (Lipinski definition) is 2. The molecule has 0 rings (SSSR count). The predicted molar refractivity (Wildman–Crippen MR) is 72.5 cm³/mol. The fourth-order valence-corrected chi connectivity index (χ4v) is 1.29. The lowest BCUT2D eigenvalue weighted by Crippen LogP contribution is -2.33. The zero-order valence-electron chi connectivity index (χ0n) is 11.7. The van der Waals surface area contributed by atoms with Gasteiger partial charge in [-0.1, -0.05) is 40.3 Å². The van der Waals surface area contributed by atoms with Crippen LogP contribution in [0.15, 0.2) is 24.4 Å². The molecule has 17 heavy (non-hydrogen) atoms. The van der Waals surface area contributed by atoms with Gasteiger partial charge in [-0.2, -0.15) is 0 Å². The molecule has 1 amide bonds. The minimum absolute atomic E-state index is 0.102. The molecule has 1 N–H and O–H groups in total. The first-order valence-corrected chi connectivity index (χ1v) is 6.20. The van der Waals surface area contributed by atoms with Crippen molar-refractivity contribution in [3.8, 4) is 0 Å². The first kappa shape index (κ1) is 18.0. The van der Waals surface area contributed by atoms with Crippen LogP contribution < -0.4 is 5.32 Å². The van der Waals surface area contributed by atoms with E-state index in [0.717, 1.165) is 6.42 Å². The standard InChI is InChI=1S/C12H19NO2.C2H6/c1-5-8-10(6-2)13-12(15)11(7-3)9(4)14;1-2/h6,8,11H,2,5,7H2,1,3-4H3,(H,13,15);1-2H3/b10-8+;. The van der Waals surface area contributed by atoms with Gasteiger partial charge in [0.25, 0.3) is 0 Å². The molecule has 0 fully saturated rings. The number of hydrogen-bond donors (Lipinski definition) is 1. The minimum atomic E-state index is -0.551. The summed E-state index contributed by atoms with van der Waals surface area (Å²) in [6.45, 7) is 12.8. The fourth-order valence-electron chi connectivity index (χ4n) is 1.29. The lowest BCUT2D eigenvalue weighted by Gasteiger charge is -2.12. The number of Topliss-reactive ketones (excluding diaryl/α,β-unsaturated/α-hetero) is 1. The van der Waals surface area contributed by atoms with E-state index in [2.05, 4.69) is 11.9 Å². The van der Waals surface area contributed by atoms with Crippen molar-refractivity contribution in [3.05, 3.63) is 24.4 Å². The third kappa shape index (κ3) is 7.50. The molecule has 0 spiro atoms. The summed E-state index contributed by atoms with van der Waals surface area (Å²) in [5, 5.41) is 2.68. The van der Waals surface area contributed by atoms with Crippen molar-refractivity contribution in [2.45, 2.75) is 47.5 Å². The SMILES string of the molecule is C=C/C(=C\CC)NC(=O)C(CC)C(C)=O.CC. The summed E-state index contributed by atoms with van der Waals surface area (Å²) in [5.74, 6) is -0.898. The lowest BCUT2D eigenvalue weighted by atomic mass is 10.0. The minimum Gasteiger partial charge on any atom is -0.326 e. The van der Waals surface area contributed by atoms with Gasteiger partial charge in [0.1, 0.15) is 5.78 Å². The van der Waals surface area contributed by atoms with Gasteiger partial charge >= 0.3 is 0 Å². The molecule has 0 aliphatic heterocycles. The highest BCUT2D eigenvalue weighted by Gasteiger charge is 2.20. The van der Waals surface area contributed by atoms with Gasteiger partial charge in [0.15, 0.2) is 0 Å². The summed E-state index contributed by atoms with van der Waals surface area (Å²) in [6, 6.07) is 0. The molecule has 0 saturated carbocycles. The van der Waals surface area contributed by atoms with Crippen LogP contribution in [-0.4, -0.2) is 11.7 Å². The van der Waals surface area contributed by atoms with Crippen molar-refractivity contribution in [3.63, 3.8) is 0 Å². The number of ketones is 1. The van der Waals surface area contributed by atoms with Crippen LogP contribution in [0.25, 0.3) is 0 Å². The summed E-state index contributed by atoms with van der Waals surface area (Å²) in [6.07, 6.45) is 4.78. The van der Waals surface area contributed by atoms with Gasteiger partial charge in [-0.25, -0.2) is 0 Å². The van der Waals surface area contributed by atoms with E-state index in [1.54, 1.807) is 6.08 Å². The summed E-state index contributed by atoms with van der Waals surface area (Å²) >= 11 is 0. The molecule has 0 heterocycles. The molecule has 0 aromatic rings. The topological polar surface area (TPSA) is 46.2 Å². The van der Waals surface area contributed by atoms with Crippen LogP contribution >= 0.6 is 0 Å². The highest BCUT2D eigenvalue weighted by Crippen LogP contribution is 2.05. The molecule has 0 radical (unpaired) electrons. The third-order valence-electron chi connectivity index (χ3n) is 2.13. The molecular weight excluding hydrogens is 214 g/mol. The van der Waals surface area contributed by atoms with E-state index in [4.69, 9.17) is 0 Å². The number of carbonyl (C=O) groups excluding carboxylic acids is 2. The van der Waals surface area contributed by atoms with E-state index in [9.17, 15) is 9.59 Å². The van der Waals surface area contributed by atoms with Crippen LogP contribution in [0.1, 0.15) is 47.5 Å². The maximum absolute atomic E-state index is 11.6. The van der Waals surface area contributed by atoms with Gasteiger partial charge in [0.05, 0.1) is 5.92 Å². The van der Waals surface area contributed by atoms with Crippen LogP contribution in [0.4, 0.5) is 0 Å². The maximum atomic E-state index is 11.6. The third-order valence-corrected chi connectivity index (χ3v) is 2.13. The molecule has 0 aliphatic rings. The van der Waals surface area contributed by atoms with Crippen molar-refractivity contribution in [2.75, 3.05) is 0 Å². The monoisotopic (exact) mass is 239 g/mol. The smallest absolute Gasteiger partial charge is 0.234 e. The Kier molecular flexibility index (Phi) is 11.8. The Morgan fingerprint density at radius 1 is 1.29 bits per heavy atom. The molecule has 3 nitrogen and oxygen atoms in total. The highest BCUT2D eigenvalue weighted by molar-refractivity contribution is 6.00. The Balaban J connectivity index is 0. The summed E-state index contributed by atoms with van der Waals surface area (Å²) in [4.78, 5) is 22.8. The van der Waals surface area contributed by atoms with E-state index in [1.807, 2.05) is 33.8 Å².